The summed E-state index contributed by atoms with van der Waals surface area (Å²) in [5.74, 6) is -0.845. The minimum Gasteiger partial charge on any atom is -0.478 e. The fraction of sp³-hybridized carbons (Fsp3) is 0.0714. The van der Waals surface area contributed by atoms with Crippen LogP contribution in [0.1, 0.15) is 11.3 Å². The van der Waals surface area contributed by atoms with Crippen molar-refractivity contribution >= 4 is 23.6 Å². The first-order valence-electron chi connectivity index (χ1n) is 5.65. The fourth-order valence-electron chi connectivity index (χ4n) is 1.63. The summed E-state index contributed by atoms with van der Waals surface area (Å²) in [5.41, 5.74) is -0.762. The van der Waals surface area contributed by atoms with Crippen LogP contribution in [0.3, 0.4) is 0 Å². The van der Waals surface area contributed by atoms with E-state index in [9.17, 15) is 18.0 Å². The molecule has 0 saturated carbocycles. The van der Waals surface area contributed by atoms with Crippen molar-refractivity contribution in [3.8, 4) is 11.3 Å². The van der Waals surface area contributed by atoms with Gasteiger partial charge in [0.1, 0.15) is 11.5 Å². The number of benzene rings is 1. The van der Waals surface area contributed by atoms with E-state index in [1.807, 2.05) is 0 Å². The van der Waals surface area contributed by atoms with E-state index >= 15 is 0 Å². The normalized spacial score (nSPS) is 12.0. The molecule has 2 aromatic rings. The third kappa shape index (κ3) is 3.66. The molecule has 1 aromatic heterocycles. The maximum absolute atomic E-state index is 12.7. The summed E-state index contributed by atoms with van der Waals surface area (Å²) in [7, 11) is 0. The van der Waals surface area contributed by atoms with Crippen LogP contribution in [0.4, 0.5) is 13.2 Å². The van der Waals surface area contributed by atoms with E-state index in [0.717, 1.165) is 24.3 Å². The quantitative estimate of drug-likeness (QED) is 0.834. The van der Waals surface area contributed by atoms with Crippen LogP contribution in [0.15, 0.2) is 40.8 Å². The number of hydrogen-bond donors (Lipinski definition) is 1. The number of carboxylic acid groups (broad SMARTS) is 1. The lowest BCUT2D eigenvalue weighted by molar-refractivity contribution is -0.137. The van der Waals surface area contributed by atoms with Crippen molar-refractivity contribution in [1.29, 1.82) is 0 Å². The Morgan fingerprint density at radius 3 is 2.57 bits per heavy atom. The average molecular weight is 317 g/mol. The van der Waals surface area contributed by atoms with Crippen LogP contribution in [0, 0.1) is 0 Å². The summed E-state index contributed by atoms with van der Waals surface area (Å²) in [6.45, 7) is 0. The van der Waals surface area contributed by atoms with Crippen molar-refractivity contribution in [2.75, 3.05) is 0 Å². The Balaban J connectivity index is 2.40. The number of alkyl halides is 3. The Bertz CT molecular complexity index is 702. The average Bonchev–Trinajstić information content (AvgIpc) is 2.84. The van der Waals surface area contributed by atoms with Gasteiger partial charge in [0.2, 0.25) is 0 Å². The summed E-state index contributed by atoms with van der Waals surface area (Å²) in [6.07, 6.45) is -2.44. The van der Waals surface area contributed by atoms with Gasteiger partial charge in [-0.1, -0.05) is 11.6 Å². The molecule has 21 heavy (non-hydrogen) atoms. The first-order chi connectivity index (χ1) is 9.77. The van der Waals surface area contributed by atoms with E-state index in [1.54, 1.807) is 0 Å². The van der Waals surface area contributed by atoms with Crippen LogP contribution in [-0.2, 0) is 11.0 Å². The molecule has 3 nitrogen and oxygen atoms in total. The van der Waals surface area contributed by atoms with Gasteiger partial charge in [0.25, 0.3) is 0 Å². The molecular weight excluding hydrogens is 309 g/mol. The molecule has 0 saturated heterocycles. The molecule has 1 heterocycles. The third-order valence-corrected chi connectivity index (χ3v) is 2.91. The van der Waals surface area contributed by atoms with Crippen LogP contribution < -0.4 is 0 Å². The highest BCUT2D eigenvalue weighted by Gasteiger charge is 2.31. The Labute approximate surface area is 122 Å². The van der Waals surface area contributed by atoms with Crippen LogP contribution in [0.2, 0.25) is 5.02 Å². The molecule has 0 aliphatic carbocycles. The Hall–Kier alpha value is -2.21. The number of carboxylic acids is 1. The monoisotopic (exact) mass is 316 g/mol. The number of carbonyl (C=O) groups is 1. The maximum atomic E-state index is 12.7. The molecule has 110 valence electrons. The Kier molecular flexibility index (Phi) is 4.09. The molecule has 1 aromatic carbocycles. The summed E-state index contributed by atoms with van der Waals surface area (Å²) in [5, 5.41) is 8.60. The molecule has 7 heteroatoms. The molecule has 0 aliphatic heterocycles. The number of halogens is 4. The van der Waals surface area contributed by atoms with Crippen molar-refractivity contribution in [1.82, 2.24) is 0 Å². The summed E-state index contributed by atoms with van der Waals surface area (Å²) in [6, 6.07) is 5.75. The lowest BCUT2D eigenvalue weighted by Crippen LogP contribution is -2.04. The maximum Gasteiger partial charge on any atom is 0.416 e. The first-order valence-corrected chi connectivity index (χ1v) is 6.03. The number of furan rings is 1. The van der Waals surface area contributed by atoms with Crippen molar-refractivity contribution < 1.29 is 27.5 Å². The molecular formula is C14H8ClF3O3. The van der Waals surface area contributed by atoms with Gasteiger partial charge < -0.3 is 9.52 Å². The molecule has 0 bridgehead atoms. The topological polar surface area (TPSA) is 50.4 Å². The second-order valence-corrected chi connectivity index (χ2v) is 4.47. The van der Waals surface area contributed by atoms with Gasteiger partial charge in [0, 0.05) is 11.6 Å². The van der Waals surface area contributed by atoms with Gasteiger partial charge in [-0.2, -0.15) is 13.2 Å². The highest BCUT2D eigenvalue weighted by Crippen LogP contribution is 2.36. The zero-order valence-corrected chi connectivity index (χ0v) is 11.1. The molecule has 0 fully saturated rings. The molecule has 2 rings (SSSR count). The zero-order valence-electron chi connectivity index (χ0n) is 10.3. The van der Waals surface area contributed by atoms with Gasteiger partial charge in [0.15, 0.2) is 0 Å². The largest absolute Gasteiger partial charge is 0.478 e. The minimum absolute atomic E-state index is 0.0847. The summed E-state index contributed by atoms with van der Waals surface area (Å²) >= 11 is 5.88. The predicted octanol–water partition coefficient (Wildman–Crippen LogP) is 4.72. The molecule has 0 aliphatic rings. The van der Waals surface area contributed by atoms with Crippen molar-refractivity contribution in [3.05, 3.63) is 52.8 Å². The highest BCUT2D eigenvalue weighted by molar-refractivity contribution is 6.33. The standard InChI is InChI=1S/C14H8ClF3O3/c15-11-4-1-8(14(16,17)18)7-10(11)12-5-2-9(21-12)3-6-13(19)20/h1-7H,(H,19,20)/b6-3+. The van der Waals surface area contributed by atoms with E-state index in [2.05, 4.69) is 0 Å². The van der Waals surface area contributed by atoms with E-state index in [0.29, 0.717) is 0 Å². The van der Waals surface area contributed by atoms with Gasteiger partial charge in [0.05, 0.1) is 10.6 Å². The van der Waals surface area contributed by atoms with E-state index < -0.39 is 17.7 Å². The number of hydrogen-bond acceptors (Lipinski definition) is 2. The van der Waals surface area contributed by atoms with Gasteiger partial charge in [-0.15, -0.1) is 0 Å². The summed E-state index contributed by atoms with van der Waals surface area (Å²) in [4.78, 5) is 10.4. The van der Waals surface area contributed by atoms with E-state index in [-0.39, 0.29) is 22.1 Å². The molecule has 0 unspecified atom stereocenters. The Morgan fingerprint density at radius 2 is 1.95 bits per heavy atom. The second kappa shape index (κ2) is 5.65. The lowest BCUT2D eigenvalue weighted by Gasteiger charge is -2.09. The minimum atomic E-state index is -4.49. The SMILES string of the molecule is O=C(O)/C=C/c1ccc(-c2cc(C(F)(F)F)ccc2Cl)o1. The second-order valence-electron chi connectivity index (χ2n) is 4.07. The van der Waals surface area contributed by atoms with Gasteiger partial charge in [-0.05, 0) is 36.4 Å². The van der Waals surface area contributed by atoms with Crippen molar-refractivity contribution in [3.63, 3.8) is 0 Å². The van der Waals surface area contributed by atoms with Gasteiger partial charge in [-0.25, -0.2) is 4.79 Å². The smallest absolute Gasteiger partial charge is 0.416 e. The number of rotatable bonds is 3. The molecule has 0 radical (unpaired) electrons. The van der Waals surface area contributed by atoms with Gasteiger partial charge in [-0.3, -0.25) is 0 Å². The van der Waals surface area contributed by atoms with E-state index in [4.69, 9.17) is 21.1 Å². The Morgan fingerprint density at radius 1 is 1.24 bits per heavy atom. The van der Waals surface area contributed by atoms with Crippen LogP contribution in [0.25, 0.3) is 17.4 Å². The van der Waals surface area contributed by atoms with Crippen molar-refractivity contribution in [2.24, 2.45) is 0 Å². The lowest BCUT2D eigenvalue weighted by atomic mass is 10.1. The third-order valence-electron chi connectivity index (χ3n) is 2.58. The van der Waals surface area contributed by atoms with E-state index in [1.165, 1.54) is 18.2 Å². The molecule has 0 amide bonds. The molecule has 1 N–H and O–H groups in total. The number of aliphatic carboxylic acids is 1. The first kappa shape index (κ1) is 15.2. The van der Waals surface area contributed by atoms with Crippen LogP contribution in [0.5, 0.6) is 0 Å². The fourth-order valence-corrected chi connectivity index (χ4v) is 1.84. The highest BCUT2D eigenvalue weighted by atomic mass is 35.5. The molecule has 0 atom stereocenters. The zero-order chi connectivity index (χ0) is 15.6. The van der Waals surface area contributed by atoms with Gasteiger partial charge >= 0.3 is 12.1 Å². The summed E-state index contributed by atoms with van der Waals surface area (Å²) < 4.78 is 43.3. The molecule has 0 spiro atoms. The van der Waals surface area contributed by atoms with Crippen LogP contribution in [-0.4, -0.2) is 11.1 Å². The van der Waals surface area contributed by atoms with Crippen LogP contribution >= 0.6 is 11.6 Å². The predicted molar refractivity (Wildman–Crippen MR) is 70.8 cm³/mol. The van der Waals surface area contributed by atoms with Crippen molar-refractivity contribution in [2.45, 2.75) is 6.18 Å².